The molecule has 2 amide bonds. The highest BCUT2D eigenvalue weighted by molar-refractivity contribution is 5.87. The summed E-state index contributed by atoms with van der Waals surface area (Å²) in [6.07, 6.45) is 6.83. The van der Waals surface area contributed by atoms with E-state index < -0.39 is 6.04 Å². The molecule has 0 aromatic carbocycles. The van der Waals surface area contributed by atoms with E-state index in [4.69, 9.17) is 4.74 Å². The lowest BCUT2D eigenvalue weighted by Gasteiger charge is -2.28. The predicted octanol–water partition coefficient (Wildman–Crippen LogP) is 0.765. The Morgan fingerprint density at radius 2 is 2.19 bits per heavy atom. The molecule has 0 saturated carbocycles. The van der Waals surface area contributed by atoms with Gasteiger partial charge in [-0.2, -0.15) is 0 Å². The van der Waals surface area contributed by atoms with Crippen LogP contribution in [0.25, 0.3) is 0 Å². The number of rotatable bonds is 1. The van der Waals surface area contributed by atoms with Gasteiger partial charge in [-0.15, -0.1) is 0 Å². The average molecular weight is 294 g/mol. The van der Waals surface area contributed by atoms with Crippen LogP contribution < -0.4 is 5.32 Å². The normalized spacial score (nSPS) is 28.9. The van der Waals surface area contributed by atoms with Crippen LogP contribution in [0.3, 0.4) is 0 Å². The van der Waals surface area contributed by atoms with E-state index in [0.29, 0.717) is 25.8 Å². The van der Waals surface area contributed by atoms with Crippen molar-refractivity contribution in [1.82, 2.24) is 10.2 Å². The molecule has 2 heterocycles. The number of cyclic esters (lactones) is 1. The number of nitrogens with one attached hydrogen (secondary N) is 1. The van der Waals surface area contributed by atoms with Gasteiger partial charge in [0.15, 0.2) is 0 Å². The second kappa shape index (κ2) is 7.24. The van der Waals surface area contributed by atoms with Crippen molar-refractivity contribution in [2.75, 3.05) is 13.2 Å². The Morgan fingerprint density at radius 3 is 2.95 bits per heavy atom. The number of hydrogen-bond acceptors (Lipinski definition) is 4. The maximum atomic E-state index is 12.6. The van der Waals surface area contributed by atoms with E-state index in [0.717, 1.165) is 12.8 Å². The fraction of sp³-hybridized carbons (Fsp3) is 0.667. The van der Waals surface area contributed by atoms with Gasteiger partial charge in [0, 0.05) is 19.9 Å². The molecule has 0 radical (unpaired) electrons. The van der Waals surface area contributed by atoms with Crippen molar-refractivity contribution in [3.05, 3.63) is 12.2 Å². The van der Waals surface area contributed by atoms with Crippen LogP contribution in [0.4, 0.5) is 0 Å². The van der Waals surface area contributed by atoms with E-state index in [2.05, 4.69) is 5.32 Å². The number of carbonyl (C=O) groups is 3. The Labute approximate surface area is 124 Å². The quantitative estimate of drug-likeness (QED) is 0.572. The van der Waals surface area contributed by atoms with E-state index in [1.165, 1.54) is 6.92 Å². The minimum atomic E-state index is -0.533. The summed E-state index contributed by atoms with van der Waals surface area (Å²) < 4.78 is 5.24. The van der Waals surface area contributed by atoms with Gasteiger partial charge in [0.05, 0.1) is 6.04 Å². The van der Waals surface area contributed by atoms with E-state index in [-0.39, 0.29) is 30.4 Å². The minimum absolute atomic E-state index is 0.0684. The van der Waals surface area contributed by atoms with E-state index >= 15 is 0 Å². The molecule has 0 aromatic rings. The largest absolute Gasteiger partial charge is 0.463 e. The number of esters is 1. The number of carbonyl (C=O) groups excluding carboxylic acids is 3. The van der Waals surface area contributed by atoms with Crippen LogP contribution in [0.2, 0.25) is 0 Å². The number of allylic oxidation sites excluding steroid dienone is 1. The highest BCUT2D eigenvalue weighted by Crippen LogP contribution is 2.20. The summed E-state index contributed by atoms with van der Waals surface area (Å²) in [6, 6.07) is -0.601. The van der Waals surface area contributed by atoms with Crippen LogP contribution in [0.5, 0.6) is 0 Å². The van der Waals surface area contributed by atoms with E-state index in [1.54, 1.807) is 4.90 Å². The van der Waals surface area contributed by atoms with Crippen molar-refractivity contribution in [3.63, 3.8) is 0 Å². The van der Waals surface area contributed by atoms with Gasteiger partial charge in [-0.3, -0.25) is 14.4 Å². The Morgan fingerprint density at radius 1 is 1.38 bits per heavy atom. The van der Waals surface area contributed by atoms with Gasteiger partial charge in [0.2, 0.25) is 11.8 Å². The number of nitrogens with zero attached hydrogens (tertiary/aromatic N) is 1. The molecule has 2 aliphatic heterocycles. The van der Waals surface area contributed by atoms with Gasteiger partial charge in [-0.05, 0) is 25.7 Å². The van der Waals surface area contributed by atoms with Crippen molar-refractivity contribution in [3.8, 4) is 0 Å². The zero-order chi connectivity index (χ0) is 15.2. The Hall–Kier alpha value is -1.85. The van der Waals surface area contributed by atoms with Crippen molar-refractivity contribution in [2.24, 2.45) is 0 Å². The molecule has 1 fully saturated rings. The molecule has 2 atom stereocenters. The Balaban J connectivity index is 2.14. The molecule has 2 aliphatic rings. The lowest BCUT2D eigenvalue weighted by atomic mass is 10.1. The molecule has 116 valence electrons. The average Bonchev–Trinajstić information content (AvgIpc) is 2.89. The topological polar surface area (TPSA) is 75.7 Å². The Kier molecular flexibility index (Phi) is 5.36. The molecular formula is C15H22N2O4. The standard InChI is InChI=1S/C15H22N2O4/c1-11(18)16-13-7-3-2-4-8-14(19)21-10-12-6-5-9-17(12)15(13)20/h2-3,12-13H,4-10H2,1H3,(H,16,18)/b3-2+/t12-,13+/m0/s1. The summed E-state index contributed by atoms with van der Waals surface area (Å²) in [6.45, 7) is 2.32. The molecule has 0 aromatic heterocycles. The van der Waals surface area contributed by atoms with Crippen LogP contribution in [-0.4, -0.2) is 47.9 Å². The monoisotopic (exact) mass is 294 g/mol. The Bertz CT molecular complexity index is 447. The molecule has 0 spiro atoms. The van der Waals surface area contributed by atoms with Crippen molar-refractivity contribution in [1.29, 1.82) is 0 Å². The van der Waals surface area contributed by atoms with Crippen LogP contribution in [0.1, 0.15) is 39.0 Å². The number of ether oxygens (including phenoxy) is 1. The SMILES string of the molecule is CC(=O)N[C@@H]1C/C=C/CCC(=O)OC[C@@H]2CCCN2C1=O. The second-order valence-electron chi connectivity index (χ2n) is 5.51. The summed E-state index contributed by atoms with van der Waals surface area (Å²) in [4.78, 5) is 37.2. The van der Waals surface area contributed by atoms with E-state index in [1.807, 2.05) is 12.2 Å². The third-order valence-electron chi connectivity index (χ3n) is 3.83. The fourth-order valence-electron chi connectivity index (χ4n) is 2.78. The van der Waals surface area contributed by atoms with E-state index in [9.17, 15) is 14.4 Å². The summed E-state index contributed by atoms with van der Waals surface area (Å²) >= 11 is 0. The van der Waals surface area contributed by atoms with Gasteiger partial charge >= 0.3 is 5.97 Å². The molecule has 21 heavy (non-hydrogen) atoms. The summed E-state index contributed by atoms with van der Waals surface area (Å²) in [7, 11) is 0. The van der Waals surface area contributed by atoms with Crippen LogP contribution >= 0.6 is 0 Å². The maximum Gasteiger partial charge on any atom is 0.306 e. The molecule has 6 nitrogen and oxygen atoms in total. The van der Waals surface area contributed by atoms with Crippen molar-refractivity contribution >= 4 is 17.8 Å². The highest BCUT2D eigenvalue weighted by Gasteiger charge is 2.33. The number of fused-ring (bicyclic) bond motifs is 1. The molecule has 1 N–H and O–H groups in total. The molecule has 2 rings (SSSR count). The van der Waals surface area contributed by atoms with Gasteiger partial charge < -0.3 is 15.0 Å². The minimum Gasteiger partial charge on any atom is -0.463 e. The third kappa shape index (κ3) is 4.31. The number of amides is 2. The lowest BCUT2D eigenvalue weighted by molar-refractivity contribution is -0.148. The van der Waals surface area contributed by atoms with Gasteiger partial charge in [0.25, 0.3) is 0 Å². The lowest BCUT2D eigenvalue weighted by Crippen LogP contribution is -2.50. The highest BCUT2D eigenvalue weighted by atomic mass is 16.5. The maximum absolute atomic E-state index is 12.6. The zero-order valence-corrected chi connectivity index (χ0v) is 12.3. The first kappa shape index (κ1) is 15.5. The first-order chi connectivity index (χ1) is 10.1. The van der Waals surface area contributed by atoms with Gasteiger partial charge in [-0.1, -0.05) is 12.2 Å². The number of hydrogen-bond donors (Lipinski definition) is 1. The van der Waals surface area contributed by atoms with Crippen molar-refractivity contribution < 1.29 is 19.1 Å². The third-order valence-corrected chi connectivity index (χ3v) is 3.83. The molecule has 1 saturated heterocycles. The summed E-state index contributed by atoms with van der Waals surface area (Å²) in [5.41, 5.74) is 0. The smallest absolute Gasteiger partial charge is 0.306 e. The summed E-state index contributed by atoms with van der Waals surface area (Å²) in [5.74, 6) is -0.525. The van der Waals surface area contributed by atoms with Crippen LogP contribution in [-0.2, 0) is 19.1 Å². The van der Waals surface area contributed by atoms with Crippen molar-refractivity contribution in [2.45, 2.75) is 51.1 Å². The molecule has 0 bridgehead atoms. The molecule has 0 unspecified atom stereocenters. The molecular weight excluding hydrogens is 272 g/mol. The molecule has 0 aliphatic carbocycles. The van der Waals surface area contributed by atoms with Crippen LogP contribution in [0.15, 0.2) is 12.2 Å². The zero-order valence-electron chi connectivity index (χ0n) is 12.3. The van der Waals surface area contributed by atoms with Gasteiger partial charge in [-0.25, -0.2) is 0 Å². The first-order valence-corrected chi connectivity index (χ1v) is 7.46. The van der Waals surface area contributed by atoms with Gasteiger partial charge in [0.1, 0.15) is 12.6 Å². The first-order valence-electron chi connectivity index (χ1n) is 7.46. The summed E-state index contributed by atoms with van der Waals surface area (Å²) in [5, 5.41) is 2.72. The second-order valence-corrected chi connectivity index (χ2v) is 5.51. The van der Waals surface area contributed by atoms with Crippen LogP contribution in [0, 0.1) is 0 Å². The molecule has 6 heteroatoms. The predicted molar refractivity (Wildman–Crippen MR) is 76.3 cm³/mol. The fourth-order valence-corrected chi connectivity index (χ4v) is 2.78.